The Morgan fingerprint density at radius 3 is 2.75 bits per heavy atom. The molecule has 1 saturated heterocycles. The van der Waals surface area contributed by atoms with Crippen molar-refractivity contribution in [3.05, 3.63) is 11.4 Å². The first-order chi connectivity index (χ1) is 9.37. The average molecular weight is 303 g/mol. The summed E-state index contributed by atoms with van der Waals surface area (Å²) in [6, 6.07) is 0. The molecule has 1 aliphatic rings. The van der Waals surface area contributed by atoms with Crippen LogP contribution in [0, 0.1) is 13.8 Å². The Morgan fingerprint density at radius 1 is 1.45 bits per heavy atom. The van der Waals surface area contributed by atoms with Crippen molar-refractivity contribution >= 4 is 10.0 Å². The molecule has 7 nitrogen and oxygen atoms in total. The Hall–Kier alpha value is -0.960. The van der Waals surface area contributed by atoms with Crippen molar-refractivity contribution < 1.29 is 18.3 Å². The molecule has 1 unspecified atom stereocenters. The van der Waals surface area contributed by atoms with Gasteiger partial charge in [-0.3, -0.25) is 4.68 Å². The van der Waals surface area contributed by atoms with Gasteiger partial charge in [-0.25, -0.2) is 8.42 Å². The molecule has 1 fully saturated rings. The van der Waals surface area contributed by atoms with Crippen LogP contribution in [-0.2, 0) is 21.3 Å². The van der Waals surface area contributed by atoms with Gasteiger partial charge in [-0.15, -0.1) is 0 Å². The standard InChI is InChI=1S/C12H21N3O4S/c1-9-8-14(5-7-19-9)20(17,18)12-10(2)13-15(4-6-16)11(12)3/h9,16H,4-8H2,1-3H3. The number of morpholine rings is 1. The number of sulfonamides is 1. The summed E-state index contributed by atoms with van der Waals surface area (Å²) in [5.41, 5.74) is 1.03. The number of aliphatic hydroxyl groups excluding tert-OH is 1. The molecule has 0 saturated carbocycles. The predicted molar refractivity (Wildman–Crippen MR) is 73.0 cm³/mol. The van der Waals surface area contributed by atoms with Gasteiger partial charge in [0.1, 0.15) is 4.90 Å². The van der Waals surface area contributed by atoms with Gasteiger partial charge in [0.2, 0.25) is 10.0 Å². The van der Waals surface area contributed by atoms with E-state index in [9.17, 15) is 8.42 Å². The number of hydrogen-bond acceptors (Lipinski definition) is 5. The number of nitrogens with zero attached hydrogens (tertiary/aromatic N) is 3. The molecule has 0 aliphatic carbocycles. The molecule has 2 heterocycles. The highest BCUT2D eigenvalue weighted by atomic mass is 32.2. The van der Waals surface area contributed by atoms with Crippen LogP contribution < -0.4 is 0 Å². The van der Waals surface area contributed by atoms with Gasteiger partial charge in [0.15, 0.2) is 0 Å². The van der Waals surface area contributed by atoms with E-state index in [1.165, 1.54) is 8.99 Å². The van der Waals surface area contributed by atoms with E-state index in [-0.39, 0.29) is 17.6 Å². The maximum atomic E-state index is 12.7. The molecule has 114 valence electrons. The van der Waals surface area contributed by atoms with Crippen molar-refractivity contribution in [2.75, 3.05) is 26.3 Å². The minimum atomic E-state index is -3.57. The van der Waals surface area contributed by atoms with E-state index >= 15 is 0 Å². The second kappa shape index (κ2) is 5.80. The van der Waals surface area contributed by atoms with Crippen LogP contribution in [0.4, 0.5) is 0 Å². The minimum absolute atomic E-state index is 0.0734. The molecule has 1 aromatic rings. The fraction of sp³-hybridized carbons (Fsp3) is 0.750. The molecule has 0 bridgehead atoms. The lowest BCUT2D eigenvalue weighted by molar-refractivity contribution is 0.0101. The largest absolute Gasteiger partial charge is 0.394 e. The molecule has 0 amide bonds. The normalized spacial score (nSPS) is 21.3. The van der Waals surface area contributed by atoms with E-state index in [2.05, 4.69) is 5.10 Å². The maximum absolute atomic E-state index is 12.7. The molecule has 1 aromatic heterocycles. The van der Waals surface area contributed by atoms with Crippen LogP contribution in [0.15, 0.2) is 4.90 Å². The summed E-state index contributed by atoms with van der Waals surface area (Å²) in [6.07, 6.45) is -0.105. The van der Waals surface area contributed by atoms with Gasteiger partial charge in [-0.2, -0.15) is 9.40 Å². The molecular formula is C12H21N3O4S. The van der Waals surface area contributed by atoms with Crippen LogP contribution in [0.25, 0.3) is 0 Å². The zero-order chi connectivity index (χ0) is 14.9. The van der Waals surface area contributed by atoms with E-state index < -0.39 is 10.0 Å². The first-order valence-electron chi connectivity index (χ1n) is 6.64. The Kier molecular flexibility index (Phi) is 4.48. The molecule has 2 rings (SSSR count). The fourth-order valence-electron chi connectivity index (χ4n) is 2.50. The zero-order valence-electron chi connectivity index (χ0n) is 12.0. The topological polar surface area (TPSA) is 84.7 Å². The lowest BCUT2D eigenvalue weighted by Crippen LogP contribution is -2.44. The van der Waals surface area contributed by atoms with Gasteiger partial charge in [-0.05, 0) is 20.8 Å². The summed E-state index contributed by atoms with van der Waals surface area (Å²) in [6.45, 7) is 6.59. The first-order valence-corrected chi connectivity index (χ1v) is 8.08. The van der Waals surface area contributed by atoms with Gasteiger partial charge in [0, 0.05) is 13.1 Å². The molecule has 0 aromatic carbocycles. The molecule has 1 N–H and O–H groups in total. The van der Waals surface area contributed by atoms with E-state index in [0.29, 0.717) is 37.6 Å². The smallest absolute Gasteiger partial charge is 0.246 e. The average Bonchev–Trinajstić information content (AvgIpc) is 2.65. The summed E-state index contributed by atoms with van der Waals surface area (Å²) < 4.78 is 33.9. The lowest BCUT2D eigenvalue weighted by Gasteiger charge is -2.30. The SMILES string of the molecule is Cc1nn(CCO)c(C)c1S(=O)(=O)N1CCOC(C)C1. The van der Waals surface area contributed by atoms with Gasteiger partial charge in [0.05, 0.1) is 37.3 Å². The van der Waals surface area contributed by atoms with Gasteiger partial charge < -0.3 is 9.84 Å². The van der Waals surface area contributed by atoms with Crippen molar-refractivity contribution in [3.63, 3.8) is 0 Å². The number of aryl methyl sites for hydroxylation is 1. The van der Waals surface area contributed by atoms with E-state index in [1.807, 2.05) is 6.92 Å². The third kappa shape index (κ3) is 2.73. The van der Waals surface area contributed by atoms with Crippen LogP contribution in [0.3, 0.4) is 0 Å². The number of rotatable bonds is 4. The Balaban J connectivity index is 2.39. The number of hydrogen-bond donors (Lipinski definition) is 1. The lowest BCUT2D eigenvalue weighted by atomic mass is 10.3. The van der Waals surface area contributed by atoms with E-state index in [4.69, 9.17) is 9.84 Å². The molecular weight excluding hydrogens is 282 g/mol. The third-order valence-corrected chi connectivity index (χ3v) is 5.55. The monoisotopic (exact) mass is 303 g/mol. The molecule has 1 atom stereocenters. The van der Waals surface area contributed by atoms with Crippen LogP contribution in [0.1, 0.15) is 18.3 Å². The van der Waals surface area contributed by atoms with Crippen molar-refractivity contribution in [1.82, 2.24) is 14.1 Å². The summed E-state index contributed by atoms with van der Waals surface area (Å²) in [5, 5.41) is 13.2. The molecule has 0 spiro atoms. The highest BCUT2D eigenvalue weighted by Gasteiger charge is 2.33. The number of ether oxygens (including phenoxy) is 1. The molecule has 8 heteroatoms. The quantitative estimate of drug-likeness (QED) is 0.840. The second-order valence-corrected chi connectivity index (χ2v) is 6.87. The highest BCUT2D eigenvalue weighted by Crippen LogP contribution is 2.25. The van der Waals surface area contributed by atoms with Crippen molar-refractivity contribution in [1.29, 1.82) is 0 Å². The summed E-state index contributed by atoms with van der Waals surface area (Å²) in [4.78, 5) is 0.250. The number of aliphatic hydroxyl groups is 1. The Labute approximate surface area is 119 Å². The van der Waals surface area contributed by atoms with E-state index in [1.54, 1.807) is 13.8 Å². The van der Waals surface area contributed by atoms with Crippen LogP contribution in [0.2, 0.25) is 0 Å². The van der Waals surface area contributed by atoms with Crippen LogP contribution in [0.5, 0.6) is 0 Å². The van der Waals surface area contributed by atoms with Gasteiger partial charge in [0.25, 0.3) is 0 Å². The first kappa shape index (κ1) is 15.4. The molecule has 20 heavy (non-hydrogen) atoms. The maximum Gasteiger partial charge on any atom is 0.246 e. The van der Waals surface area contributed by atoms with Crippen molar-refractivity contribution in [2.24, 2.45) is 0 Å². The van der Waals surface area contributed by atoms with Crippen LogP contribution in [-0.4, -0.2) is 60.0 Å². The molecule has 0 radical (unpaired) electrons. The third-order valence-electron chi connectivity index (χ3n) is 3.43. The Bertz CT molecular complexity index is 582. The summed E-state index contributed by atoms with van der Waals surface area (Å²) in [7, 11) is -3.57. The summed E-state index contributed by atoms with van der Waals surface area (Å²) >= 11 is 0. The van der Waals surface area contributed by atoms with Crippen molar-refractivity contribution in [2.45, 2.75) is 38.3 Å². The zero-order valence-corrected chi connectivity index (χ0v) is 12.9. The second-order valence-electron chi connectivity index (χ2n) is 4.99. The molecule has 1 aliphatic heterocycles. The fourth-order valence-corrected chi connectivity index (χ4v) is 4.37. The highest BCUT2D eigenvalue weighted by molar-refractivity contribution is 7.89. The van der Waals surface area contributed by atoms with Crippen LogP contribution >= 0.6 is 0 Å². The van der Waals surface area contributed by atoms with Gasteiger partial charge >= 0.3 is 0 Å². The van der Waals surface area contributed by atoms with Gasteiger partial charge in [-0.1, -0.05) is 0 Å². The number of aromatic nitrogens is 2. The van der Waals surface area contributed by atoms with E-state index in [0.717, 1.165) is 0 Å². The summed E-state index contributed by atoms with van der Waals surface area (Å²) in [5.74, 6) is 0. The minimum Gasteiger partial charge on any atom is -0.394 e. The van der Waals surface area contributed by atoms with Crippen molar-refractivity contribution in [3.8, 4) is 0 Å². The Morgan fingerprint density at radius 2 is 2.15 bits per heavy atom. The predicted octanol–water partition coefficient (Wildman–Crippen LogP) is -0.0984.